The Bertz CT molecular complexity index is 484. The lowest BCUT2D eigenvalue weighted by molar-refractivity contribution is 0.0467. The van der Waals surface area contributed by atoms with Crippen LogP contribution in [-0.4, -0.2) is 11.4 Å². The monoisotopic (exact) mass is 256 g/mol. The average molecular weight is 256 g/mol. The second-order valence-electron chi connectivity index (χ2n) is 5.11. The molecule has 0 aliphatic heterocycles. The first-order valence-electron chi connectivity index (χ1n) is 6.32. The highest BCUT2D eigenvalue weighted by atomic mass is 19.3. The number of hydrogen-bond acceptors (Lipinski definition) is 2. The third-order valence-electron chi connectivity index (χ3n) is 3.80. The fourth-order valence-corrected chi connectivity index (χ4v) is 2.78. The van der Waals surface area contributed by atoms with E-state index >= 15 is 0 Å². The maximum absolute atomic E-state index is 13.7. The first-order chi connectivity index (χ1) is 8.59. The first kappa shape index (κ1) is 11.8. The van der Waals surface area contributed by atoms with Crippen LogP contribution in [0.4, 0.5) is 18.9 Å². The van der Waals surface area contributed by atoms with Crippen LogP contribution in [0.2, 0.25) is 0 Å². The number of nitrogens with zero attached hydrogens (tertiary/aromatic N) is 1. The van der Waals surface area contributed by atoms with Gasteiger partial charge >= 0.3 is 0 Å². The van der Waals surface area contributed by atoms with E-state index in [1.54, 1.807) is 0 Å². The van der Waals surface area contributed by atoms with E-state index in [0.717, 1.165) is 36.9 Å². The van der Waals surface area contributed by atoms with Crippen LogP contribution in [0.1, 0.15) is 53.9 Å². The smallest absolute Gasteiger partial charge is 0.275 e. The molecule has 0 amide bonds. The van der Waals surface area contributed by atoms with Gasteiger partial charge in [0.15, 0.2) is 0 Å². The van der Waals surface area contributed by atoms with E-state index in [-0.39, 0.29) is 11.6 Å². The van der Waals surface area contributed by atoms with Gasteiger partial charge in [0, 0.05) is 16.9 Å². The number of aryl methyl sites for hydroxylation is 1. The van der Waals surface area contributed by atoms with Crippen LogP contribution in [0.15, 0.2) is 0 Å². The van der Waals surface area contributed by atoms with Crippen LogP contribution in [-0.2, 0) is 12.8 Å². The zero-order chi connectivity index (χ0) is 12.9. The van der Waals surface area contributed by atoms with Gasteiger partial charge in [0.1, 0.15) is 0 Å². The molecule has 2 aliphatic rings. The van der Waals surface area contributed by atoms with E-state index in [4.69, 9.17) is 5.73 Å². The molecule has 1 atom stereocenters. The van der Waals surface area contributed by atoms with Gasteiger partial charge < -0.3 is 5.73 Å². The Morgan fingerprint density at radius 2 is 1.89 bits per heavy atom. The van der Waals surface area contributed by atoms with E-state index in [1.807, 2.05) is 0 Å². The van der Waals surface area contributed by atoms with Gasteiger partial charge in [-0.2, -0.15) is 0 Å². The fraction of sp³-hybridized carbons (Fsp3) is 0.615. The highest BCUT2D eigenvalue weighted by Crippen LogP contribution is 2.48. The van der Waals surface area contributed by atoms with E-state index in [0.29, 0.717) is 17.7 Å². The molecule has 1 unspecified atom stereocenters. The van der Waals surface area contributed by atoms with Gasteiger partial charge in [-0.1, -0.05) is 0 Å². The Kier molecular flexibility index (Phi) is 2.72. The SMILES string of the molecule is Nc1c2c(nc(C(F)C(F)F)c1C1CC1)CCC2. The molecule has 0 radical (unpaired) electrons. The molecule has 1 saturated carbocycles. The summed E-state index contributed by atoms with van der Waals surface area (Å²) in [6.07, 6.45) is -1.08. The summed E-state index contributed by atoms with van der Waals surface area (Å²) in [5.74, 6) is 0.135. The van der Waals surface area contributed by atoms with E-state index < -0.39 is 12.6 Å². The molecule has 2 N–H and O–H groups in total. The quantitative estimate of drug-likeness (QED) is 0.901. The summed E-state index contributed by atoms with van der Waals surface area (Å²) in [7, 11) is 0. The van der Waals surface area contributed by atoms with Crippen LogP contribution in [0.5, 0.6) is 0 Å². The number of anilines is 1. The highest BCUT2D eigenvalue weighted by molar-refractivity contribution is 5.61. The van der Waals surface area contributed by atoms with Gasteiger partial charge in [0.05, 0.1) is 5.69 Å². The van der Waals surface area contributed by atoms with Crippen molar-refractivity contribution in [3.05, 3.63) is 22.5 Å². The number of nitrogens with two attached hydrogens (primary N) is 1. The number of aromatic nitrogens is 1. The first-order valence-corrected chi connectivity index (χ1v) is 6.32. The van der Waals surface area contributed by atoms with Crippen molar-refractivity contribution in [1.29, 1.82) is 0 Å². The summed E-state index contributed by atoms with van der Waals surface area (Å²) in [6.45, 7) is 0. The Morgan fingerprint density at radius 3 is 2.50 bits per heavy atom. The van der Waals surface area contributed by atoms with Crippen molar-refractivity contribution in [2.45, 2.75) is 50.6 Å². The van der Waals surface area contributed by atoms with Gasteiger partial charge in [-0.15, -0.1) is 0 Å². The predicted octanol–water partition coefficient (Wildman–Crippen LogP) is 3.31. The minimum atomic E-state index is -3.03. The fourth-order valence-electron chi connectivity index (χ4n) is 2.78. The number of rotatable bonds is 3. The average Bonchev–Trinajstić information content (AvgIpc) is 3.05. The van der Waals surface area contributed by atoms with Gasteiger partial charge in [-0.05, 0) is 43.6 Å². The predicted molar refractivity (Wildman–Crippen MR) is 62.5 cm³/mol. The molecule has 0 bridgehead atoms. The molecule has 1 aromatic heterocycles. The van der Waals surface area contributed by atoms with Crippen molar-refractivity contribution < 1.29 is 13.2 Å². The van der Waals surface area contributed by atoms with Crippen molar-refractivity contribution in [2.75, 3.05) is 5.73 Å². The van der Waals surface area contributed by atoms with E-state index in [9.17, 15) is 13.2 Å². The van der Waals surface area contributed by atoms with E-state index in [2.05, 4.69) is 4.98 Å². The summed E-state index contributed by atoms with van der Waals surface area (Å²) >= 11 is 0. The lowest BCUT2D eigenvalue weighted by atomic mass is 9.99. The van der Waals surface area contributed by atoms with Crippen LogP contribution < -0.4 is 5.73 Å². The number of fused-ring (bicyclic) bond motifs is 1. The Balaban J connectivity index is 2.14. The summed E-state index contributed by atoms with van der Waals surface area (Å²) in [6, 6.07) is 0. The molecule has 1 aromatic rings. The maximum Gasteiger partial charge on any atom is 0.275 e. The topological polar surface area (TPSA) is 38.9 Å². The maximum atomic E-state index is 13.7. The van der Waals surface area contributed by atoms with Crippen LogP contribution in [0, 0.1) is 0 Å². The Labute approximate surface area is 103 Å². The van der Waals surface area contributed by atoms with Crippen molar-refractivity contribution in [2.24, 2.45) is 0 Å². The molecular weight excluding hydrogens is 241 g/mol. The number of hydrogen-bond donors (Lipinski definition) is 1. The minimum Gasteiger partial charge on any atom is -0.398 e. The molecule has 98 valence electrons. The lowest BCUT2D eigenvalue weighted by Gasteiger charge is -2.17. The van der Waals surface area contributed by atoms with E-state index in [1.165, 1.54) is 0 Å². The standard InChI is InChI=1S/C13H15F3N2/c14-10(13(15)16)12-9(6-4-5-6)11(17)7-2-1-3-8(7)18-12/h6,10,13H,1-5H2,(H2,17,18). The molecule has 2 aliphatic carbocycles. The van der Waals surface area contributed by atoms with Crippen molar-refractivity contribution in [3.63, 3.8) is 0 Å². The molecule has 3 rings (SSSR count). The second-order valence-corrected chi connectivity index (χ2v) is 5.11. The van der Waals surface area contributed by atoms with Crippen LogP contribution >= 0.6 is 0 Å². The number of halogens is 3. The van der Waals surface area contributed by atoms with Gasteiger partial charge in [0.25, 0.3) is 6.43 Å². The van der Waals surface area contributed by atoms with Crippen molar-refractivity contribution >= 4 is 5.69 Å². The third kappa shape index (κ3) is 1.76. The molecule has 0 spiro atoms. The molecule has 5 heteroatoms. The van der Waals surface area contributed by atoms with Crippen molar-refractivity contribution in [3.8, 4) is 0 Å². The largest absolute Gasteiger partial charge is 0.398 e. The van der Waals surface area contributed by atoms with Gasteiger partial charge in [0.2, 0.25) is 6.17 Å². The molecule has 0 saturated heterocycles. The lowest BCUT2D eigenvalue weighted by Crippen LogP contribution is -2.13. The summed E-state index contributed by atoms with van der Waals surface area (Å²) < 4.78 is 38.9. The molecular formula is C13H15F3N2. The molecule has 0 aromatic carbocycles. The van der Waals surface area contributed by atoms with Gasteiger partial charge in [-0.25, -0.2) is 13.2 Å². The molecule has 1 fully saturated rings. The third-order valence-corrected chi connectivity index (χ3v) is 3.80. The summed E-state index contributed by atoms with van der Waals surface area (Å²) in [4.78, 5) is 4.16. The normalized spacial score (nSPS) is 20.2. The molecule has 2 nitrogen and oxygen atoms in total. The second kappa shape index (κ2) is 4.14. The summed E-state index contributed by atoms with van der Waals surface area (Å²) in [5.41, 5.74) is 8.72. The zero-order valence-electron chi connectivity index (χ0n) is 9.93. The number of nitrogen functional groups attached to an aromatic ring is 1. The van der Waals surface area contributed by atoms with Crippen molar-refractivity contribution in [1.82, 2.24) is 4.98 Å². The minimum absolute atomic E-state index is 0.106. The number of pyridine rings is 1. The highest BCUT2D eigenvalue weighted by Gasteiger charge is 2.37. The zero-order valence-corrected chi connectivity index (χ0v) is 9.93. The van der Waals surface area contributed by atoms with Crippen LogP contribution in [0.25, 0.3) is 0 Å². The van der Waals surface area contributed by atoms with Crippen LogP contribution in [0.3, 0.4) is 0 Å². The molecule has 18 heavy (non-hydrogen) atoms. The van der Waals surface area contributed by atoms with Gasteiger partial charge in [-0.3, -0.25) is 4.98 Å². The Morgan fingerprint density at radius 1 is 1.17 bits per heavy atom. The Hall–Kier alpha value is -1.26. The number of alkyl halides is 3. The molecule has 1 heterocycles. The summed E-state index contributed by atoms with van der Waals surface area (Å²) in [5, 5.41) is 0.